The number of nitrogens with one attached hydrogen (secondary N) is 1. The summed E-state index contributed by atoms with van der Waals surface area (Å²) in [6.45, 7) is 5.66. The van der Waals surface area contributed by atoms with E-state index >= 15 is 0 Å². The van der Waals surface area contributed by atoms with Crippen LogP contribution in [0.3, 0.4) is 0 Å². The highest BCUT2D eigenvalue weighted by Gasteiger charge is 2.19. The lowest BCUT2D eigenvalue weighted by molar-refractivity contribution is -0.385. The Kier molecular flexibility index (Phi) is 5.46. The van der Waals surface area contributed by atoms with Crippen molar-refractivity contribution < 1.29 is 9.72 Å². The zero-order valence-electron chi connectivity index (χ0n) is 15.6. The Hall–Kier alpha value is -3.20. The van der Waals surface area contributed by atoms with Gasteiger partial charge in [0.25, 0.3) is 0 Å². The van der Waals surface area contributed by atoms with Crippen LogP contribution in [-0.2, 0) is 17.9 Å². The number of carbonyl (C=O) groups is 1. The maximum absolute atomic E-state index is 12.4. The SMILES string of the molecule is Cc1nn(Cc2ccc(Cl)cc2)c(C)c1NC(=O)Cn1ncc([N+](=O)[O-])c1C. The summed E-state index contributed by atoms with van der Waals surface area (Å²) in [6, 6.07) is 7.47. The minimum atomic E-state index is -0.522. The van der Waals surface area contributed by atoms with E-state index in [9.17, 15) is 14.9 Å². The Morgan fingerprint density at radius 1 is 1.18 bits per heavy atom. The van der Waals surface area contributed by atoms with Crippen LogP contribution in [0.15, 0.2) is 30.5 Å². The minimum Gasteiger partial charge on any atom is -0.321 e. The zero-order chi connectivity index (χ0) is 20.4. The lowest BCUT2D eigenvalue weighted by Gasteiger charge is -2.08. The molecule has 1 amide bonds. The van der Waals surface area contributed by atoms with Crippen LogP contribution in [0.1, 0.15) is 22.6 Å². The third-order valence-corrected chi connectivity index (χ3v) is 4.71. The molecule has 0 unspecified atom stereocenters. The van der Waals surface area contributed by atoms with Crippen LogP contribution in [0, 0.1) is 30.9 Å². The molecule has 2 aromatic heterocycles. The van der Waals surface area contributed by atoms with E-state index in [-0.39, 0.29) is 18.1 Å². The topological polar surface area (TPSA) is 108 Å². The van der Waals surface area contributed by atoms with E-state index in [0.29, 0.717) is 28.6 Å². The highest BCUT2D eigenvalue weighted by Crippen LogP contribution is 2.22. The normalized spacial score (nSPS) is 10.9. The molecule has 0 aliphatic carbocycles. The number of aromatic nitrogens is 4. The van der Waals surface area contributed by atoms with Crippen molar-refractivity contribution in [2.24, 2.45) is 0 Å². The quantitative estimate of drug-likeness (QED) is 0.503. The first-order chi connectivity index (χ1) is 13.3. The molecule has 1 N–H and O–H groups in total. The number of aryl methyl sites for hydroxylation is 1. The Labute approximate surface area is 166 Å². The van der Waals surface area contributed by atoms with Crippen LogP contribution in [-0.4, -0.2) is 30.4 Å². The summed E-state index contributed by atoms with van der Waals surface area (Å²) in [5.41, 5.74) is 3.36. The van der Waals surface area contributed by atoms with E-state index in [1.165, 1.54) is 4.68 Å². The van der Waals surface area contributed by atoms with Crippen molar-refractivity contribution in [3.8, 4) is 0 Å². The fraction of sp³-hybridized carbons (Fsp3) is 0.278. The second-order valence-corrected chi connectivity index (χ2v) is 6.84. The molecule has 28 heavy (non-hydrogen) atoms. The number of hydrogen-bond donors (Lipinski definition) is 1. The minimum absolute atomic E-state index is 0.115. The third kappa shape index (κ3) is 4.04. The lowest BCUT2D eigenvalue weighted by Crippen LogP contribution is -2.21. The van der Waals surface area contributed by atoms with Crippen molar-refractivity contribution in [3.63, 3.8) is 0 Å². The molecule has 0 fully saturated rings. The largest absolute Gasteiger partial charge is 0.321 e. The molecule has 2 heterocycles. The number of halogens is 1. The molecule has 3 aromatic rings. The summed E-state index contributed by atoms with van der Waals surface area (Å²) < 4.78 is 3.11. The number of anilines is 1. The maximum atomic E-state index is 12.4. The molecule has 0 spiro atoms. The predicted molar refractivity (Wildman–Crippen MR) is 105 cm³/mol. The number of amides is 1. The van der Waals surface area contributed by atoms with Crippen molar-refractivity contribution in [1.29, 1.82) is 0 Å². The second-order valence-electron chi connectivity index (χ2n) is 6.41. The monoisotopic (exact) mass is 402 g/mol. The molecule has 0 aliphatic rings. The highest BCUT2D eigenvalue weighted by molar-refractivity contribution is 6.30. The first kappa shape index (κ1) is 19.6. The molecule has 0 saturated carbocycles. The van der Waals surface area contributed by atoms with Gasteiger partial charge < -0.3 is 5.32 Å². The average Bonchev–Trinajstić information content (AvgIpc) is 3.12. The third-order valence-electron chi connectivity index (χ3n) is 4.46. The zero-order valence-corrected chi connectivity index (χ0v) is 16.4. The van der Waals surface area contributed by atoms with E-state index < -0.39 is 4.92 Å². The molecule has 0 aliphatic heterocycles. The van der Waals surface area contributed by atoms with Gasteiger partial charge in [0, 0.05) is 5.02 Å². The number of nitrogens with zero attached hydrogens (tertiary/aromatic N) is 5. The molecule has 10 heteroatoms. The van der Waals surface area contributed by atoms with Gasteiger partial charge in [0.05, 0.1) is 28.5 Å². The number of nitro groups is 1. The summed E-state index contributed by atoms with van der Waals surface area (Å²) in [7, 11) is 0. The summed E-state index contributed by atoms with van der Waals surface area (Å²) in [5, 5.41) is 22.8. The van der Waals surface area contributed by atoms with Crippen LogP contribution in [0.4, 0.5) is 11.4 Å². The summed E-state index contributed by atoms with van der Waals surface area (Å²) in [5.74, 6) is -0.335. The van der Waals surface area contributed by atoms with E-state index in [0.717, 1.165) is 17.5 Å². The second kappa shape index (κ2) is 7.81. The molecule has 0 atom stereocenters. The van der Waals surface area contributed by atoms with Crippen LogP contribution < -0.4 is 5.32 Å². The van der Waals surface area contributed by atoms with E-state index in [2.05, 4.69) is 15.5 Å². The van der Waals surface area contributed by atoms with Crippen molar-refractivity contribution in [2.45, 2.75) is 33.9 Å². The first-order valence-corrected chi connectivity index (χ1v) is 8.89. The van der Waals surface area contributed by atoms with Gasteiger partial charge in [-0.3, -0.25) is 24.3 Å². The lowest BCUT2D eigenvalue weighted by atomic mass is 10.2. The molecule has 9 nitrogen and oxygen atoms in total. The van der Waals surface area contributed by atoms with Gasteiger partial charge in [-0.2, -0.15) is 10.2 Å². The van der Waals surface area contributed by atoms with Crippen molar-refractivity contribution in [3.05, 3.63) is 68.2 Å². The van der Waals surface area contributed by atoms with Crippen LogP contribution in [0.5, 0.6) is 0 Å². The molecule has 0 saturated heterocycles. The fourth-order valence-electron chi connectivity index (χ4n) is 2.88. The van der Waals surface area contributed by atoms with Gasteiger partial charge in [0.15, 0.2) is 0 Å². The molecule has 146 valence electrons. The molecular formula is C18H19ClN6O3. The van der Waals surface area contributed by atoms with Crippen molar-refractivity contribution in [1.82, 2.24) is 19.6 Å². The summed E-state index contributed by atoms with van der Waals surface area (Å²) in [4.78, 5) is 22.8. The van der Waals surface area contributed by atoms with Crippen molar-refractivity contribution in [2.75, 3.05) is 5.32 Å². The van der Waals surface area contributed by atoms with Gasteiger partial charge in [0.2, 0.25) is 5.91 Å². The smallest absolute Gasteiger partial charge is 0.309 e. The average molecular weight is 403 g/mol. The number of carbonyl (C=O) groups excluding carboxylic acids is 1. The van der Waals surface area contributed by atoms with Gasteiger partial charge in [0.1, 0.15) is 18.4 Å². The summed E-state index contributed by atoms with van der Waals surface area (Å²) >= 11 is 5.91. The van der Waals surface area contributed by atoms with Gasteiger partial charge in [-0.25, -0.2) is 0 Å². The van der Waals surface area contributed by atoms with Gasteiger partial charge in [-0.05, 0) is 38.5 Å². The van der Waals surface area contributed by atoms with Crippen LogP contribution in [0.2, 0.25) is 5.02 Å². The Morgan fingerprint density at radius 2 is 1.86 bits per heavy atom. The van der Waals surface area contributed by atoms with Gasteiger partial charge in [-0.1, -0.05) is 23.7 Å². The Balaban J connectivity index is 1.73. The van der Waals surface area contributed by atoms with Gasteiger partial charge >= 0.3 is 5.69 Å². The fourth-order valence-corrected chi connectivity index (χ4v) is 3.01. The first-order valence-electron chi connectivity index (χ1n) is 8.51. The molecular weight excluding hydrogens is 384 g/mol. The maximum Gasteiger partial charge on any atom is 0.309 e. The van der Waals surface area contributed by atoms with Crippen LogP contribution >= 0.6 is 11.6 Å². The van der Waals surface area contributed by atoms with E-state index in [1.807, 2.05) is 38.1 Å². The number of benzene rings is 1. The van der Waals surface area contributed by atoms with Crippen LogP contribution in [0.25, 0.3) is 0 Å². The Morgan fingerprint density at radius 3 is 2.46 bits per heavy atom. The molecule has 0 radical (unpaired) electrons. The standard InChI is InChI=1S/C18H19ClN6O3/c1-11-18(13(3)24(22-11)9-14-4-6-15(19)7-5-14)21-17(26)10-23-12(2)16(8-20-23)25(27)28/h4-8H,9-10H2,1-3H3,(H,21,26). The highest BCUT2D eigenvalue weighted by atomic mass is 35.5. The Bertz CT molecular complexity index is 1040. The molecule has 1 aromatic carbocycles. The molecule has 3 rings (SSSR count). The van der Waals surface area contributed by atoms with Gasteiger partial charge in [-0.15, -0.1) is 0 Å². The number of hydrogen-bond acceptors (Lipinski definition) is 5. The van der Waals surface area contributed by atoms with Crippen molar-refractivity contribution >= 4 is 28.9 Å². The van der Waals surface area contributed by atoms with E-state index in [4.69, 9.17) is 11.6 Å². The number of rotatable bonds is 6. The predicted octanol–water partition coefficient (Wildman–Crippen LogP) is 3.25. The molecule has 0 bridgehead atoms. The summed E-state index contributed by atoms with van der Waals surface area (Å²) in [6.07, 6.45) is 1.14. The van der Waals surface area contributed by atoms with E-state index in [1.54, 1.807) is 11.6 Å².